The summed E-state index contributed by atoms with van der Waals surface area (Å²) >= 11 is 0. The van der Waals surface area contributed by atoms with Gasteiger partial charge in [0.25, 0.3) is 0 Å². The van der Waals surface area contributed by atoms with Crippen LogP contribution >= 0.6 is 0 Å². The number of hydrogen-bond acceptors (Lipinski definition) is 3. The molecule has 2 aromatic carbocycles. The van der Waals surface area contributed by atoms with Crippen molar-refractivity contribution in [1.29, 1.82) is 0 Å². The summed E-state index contributed by atoms with van der Waals surface area (Å²) in [6, 6.07) is 11.3. The van der Waals surface area contributed by atoms with E-state index in [0.29, 0.717) is 12.1 Å². The Morgan fingerprint density at radius 2 is 1.86 bits per heavy atom. The number of phenols is 1. The highest BCUT2D eigenvalue weighted by molar-refractivity contribution is 5.94. The highest BCUT2D eigenvalue weighted by Crippen LogP contribution is 2.25. The Morgan fingerprint density at radius 1 is 1.14 bits per heavy atom. The summed E-state index contributed by atoms with van der Waals surface area (Å²) in [6.07, 6.45) is 0. The van der Waals surface area contributed by atoms with E-state index in [2.05, 4.69) is 36.9 Å². The number of Topliss-reactive ketones (excluding diaryl/α,β-unsaturated/α-hetero) is 1. The Morgan fingerprint density at radius 3 is 2.48 bits per heavy atom. The molecule has 0 saturated heterocycles. The van der Waals surface area contributed by atoms with Crippen molar-refractivity contribution in [1.82, 2.24) is 0 Å². The van der Waals surface area contributed by atoms with Crippen molar-refractivity contribution in [3.8, 4) is 5.75 Å². The number of benzene rings is 2. The number of carbonyl (C=O) groups excluding carboxylic acids is 1. The van der Waals surface area contributed by atoms with E-state index in [0.717, 1.165) is 11.3 Å². The number of phenolic OH excluding ortho intramolecular Hbond substituents is 1. The fourth-order valence-electron chi connectivity index (χ4n) is 2.51. The van der Waals surface area contributed by atoms with Gasteiger partial charge >= 0.3 is 0 Å². The molecule has 0 radical (unpaired) electrons. The first-order valence-corrected chi connectivity index (χ1v) is 6.99. The van der Waals surface area contributed by atoms with Crippen LogP contribution in [0.2, 0.25) is 0 Å². The predicted molar refractivity (Wildman–Crippen MR) is 86.1 cm³/mol. The van der Waals surface area contributed by atoms with E-state index in [1.54, 1.807) is 18.2 Å². The summed E-state index contributed by atoms with van der Waals surface area (Å²) in [6.45, 7) is 6.23. The zero-order chi connectivity index (χ0) is 15.6. The highest BCUT2D eigenvalue weighted by Gasteiger charge is 2.10. The second kappa shape index (κ2) is 6.00. The molecule has 0 heterocycles. The molecule has 2 rings (SSSR count). The second-order valence-corrected chi connectivity index (χ2v) is 5.55. The predicted octanol–water partition coefficient (Wildman–Crippen LogP) is 3.85. The van der Waals surface area contributed by atoms with E-state index in [1.165, 1.54) is 18.1 Å². The van der Waals surface area contributed by atoms with Gasteiger partial charge in [-0.2, -0.15) is 0 Å². The fraction of sp³-hybridized carbons (Fsp3) is 0.278. The van der Waals surface area contributed by atoms with Gasteiger partial charge in [-0.25, -0.2) is 0 Å². The van der Waals surface area contributed by atoms with Crippen LogP contribution < -0.4 is 4.90 Å². The summed E-state index contributed by atoms with van der Waals surface area (Å²) in [5.74, 6) is 0.224. The van der Waals surface area contributed by atoms with Crippen LogP contribution in [0.25, 0.3) is 0 Å². The molecule has 0 saturated carbocycles. The number of anilines is 1. The van der Waals surface area contributed by atoms with Gasteiger partial charge in [0.15, 0.2) is 5.78 Å². The van der Waals surface area contributed by atoms with Crippen molar-refractivity contribution < 1.29 is 9.90 Å². The number of aromatic hydroxyl groups is 1. The fourth-order valence-corrected chi connectivity index (χ4v) is 2.51. The van der Waals surface area contributed by atoms with E-state index in [4.69, 9.17) is 0 Å². The normalized spacial score (nSPS) is 10.5. The second-order valence-electron chi connectivity index (χ2n) is 5.55. The van der Waals surface area contributed by atoms with Crippen molar-refractivity contribution >= 4 is 11.5 Å². The minimum absolute atomic E-state index is 0.00502. The average molecular weight is 283 g/mol. The Kier molecular flexibility index (Phi) is 4.32. The first kappa shape index (κ1) is 15.1. The molecule has 0 bridgehead atoms. The molecule has 0 atom stereocenters. The van der Waals surface area contributed by atoms with E-state index < -0.39 is 0 Å². The number of nitrogens with zero attached hydrogens (tertiary/aromatic N) is 1. The monoisotopic (exact) mass is 283 g/mol. The Hall–Kier alpha value is -2.29. The zero-order valence-corrected chi connectivity index (χ0v) is 13.0. The van der Waals surface area contributed by atoms with Gasteiger partial charge in [-0.3, -0.25) is 4.79 Å². The topological polar surface area (TPSA) is 40.5 Å². The standard InChI is InChI=1S/C18H21NO2/c1-12-5-7-17(13(2)9-12)19(4)11-16-10-15(14(3)20)6-8-18(16)21/h5-10,21H,11H2,1-4H3. The van der Waals surface area contributed by atoms with Gasteiger partial charge in [-0.1, -0.05) is 17.7 Å². The van der Waals surface area contributed by atoms with Crippen LogP contribution in [-0.4, -0.2) is 17.9 Å². The summed E-state index contributed by atoms with van der Waals surface area (Å²) in [7, 11) is 1.98. The number of hydrogen-bond donors (Lipinski definition) is 1. The van der Waals surface area contributed by atoms with Gasteiger partial charge in [0.05, 0.1) is 0 Å². The van der Waals surface area contributed by atoms with Crippen molar-refractivity contribution in [3.05, 3.63) is 58.7 Å². The minimum Gasteiger partial charge on any atom is -0.508 e. The average Bonchev–Trinajstić information content (AvgIpc) is 2.40. The Balaban J connectivity index is 2.28. The lowest BCUT2D eigenvalue weighted by atomic mass is 10.1. The van der Waals surface area contributed by atoms with Crippen molar-refractivity contribution in [2.75, 3.05) is 11.9 Å². The van der Waals surface area contributed by atoms with Crippen molar-refractivity contribution in [3.63, 3.8) is 0 Å². The Bertz CT molecular complexity index is 677. The molecule has 0 spiro atoms. The molecular formula is C18H21NO2. The molecule has 0 amide bonds. The maximum Gasteiger partial charge on any atom is 0.159 e. The van der Waals surface area contributed by atoms with Crippen LogP contribution in [0.3, 0.4) is 0 Å². The maximum absolute atomic E-state index is 11.5. The van der Waals surface area contributed by atoms with Gasteiger partial charge < -0.3 is 10.0 Å². The van der Waals surface area contributed by atoms with Gasteiger partial charge in [0.2, 0.25) is 0 Å². The summed E-state index contributed by atoms with van der Waals surface area (Å²) < 4.78 is 0. The van der Waals surface area contributed by atoms with Crippen LogP contribution in [0.4, 0.5) is 5.69 Å². The number of carbonyl (C=O) groups is 1. The summed E-state index contributed by atoms with van der Waals surface area (Å²) in [5, 5.41) is 9.99. The molecule has 3 nitrogen and oxygen atoms in total. The molecule has 110 valence electrons. The lowest BCUT2D eigenvalue weighted by Gasteiger charge is -2.22. The van der Waals surface area contributed by atoms with Gasteiger partial charge in [0.1, 0.15) is 5.75 Å². The quantitative estimate of drug-likeness (QED) is 0.866. The van der Waals surface area contributed by atoms with Crippen LogP contribution in [-0.2, 0) is 6.54 Å². The lowest BCUT2D eigenvalue weighted by Crippen LogP contribution is -2.17. The van der Waals surface area contributed by atoms with Crippen molar-refractivity contribution in [2.45, 2.75) is 27.3 Å². The van der Waals surface area contributed by atoms with Gasteiger partial charge in [0, 0.05) is 30.4 Å². The first-order valence-electron chi connectivity index (χ1n) is 6.99. The SMILES string of the molecule is CC(=O)c1ccc(O)c(CN(C)c2ccc(C)cc2C)c1. The molecule has 0 aliphatic rings. The van der Waals surface area contributed by atoms with Crippen LogP contribution in [0.15, 0.2) is 36.4 Å². The van der Waals surface area contributed by atoms with E-state index in [-0.39, 0.29) is 11.5 Å². The molecule has 2 aromatic rings. The highest BCUT2D eigenvalue weighted by atomic mass is 16.3. The van der Waals surface area contributed by atoms with Gasteiger partial charge in [-0.05, 0) is 50.6 Å². The van der Waals surface area contributed by atoms with Crippen LogP contribution in [0.1, 0.15) is 34.0 Å². The van der Waals surface area contributed by atoms with Gasteiger partial charge in [-0.15, -0.1) is 0 Å². The summed E-state index contributed by atoms with van der Waals surface area (Å²) in [5.41, 5.74) is 4.92. The van der Waals surface area contributed by atoms with Crippen LogP contribution in [0, 0.1) is 13.8 Å². The third-order valence-corrected chi connectivity index (χ3v) is 3.66. The lowest BCUT2D eigenvalue weighted by molar-refractivity contribution is 0.101. The molecule has 1 N–H and O–H groups in total. The third kappa shape index (κ3) is 3.43. The van der Waals surface area contributed by atoms with E-state index in [9.17, 15) is 9.90 Å². The maximum atomic E-state index is 11.5. The number of ketones is 1. The van der Waals surface area contributed by atoms with E-state index >= 15 is 0 Å². The van der Waals surface area contributed by atoms with Crippen molar-refractivity contribution in [2.24, 2.45) is 0 Å². The zero-order valence-electron chi connectivity index (χ0n) is 13.0. The molecule has 0 aromatic heterocycles. The Labute approximate surface area is 125 Å². The molecule has 0 fully saturated rings. The minimum atomic E-state index is 0.00502. The summed E-state index contributed by atoms with van der Waals surface area (Å²) in [4.78, 5) is 13.5. The molecular weight excluding hydrogens is 262 g/mol. The largest absolute Gasteiger partial charge is 0.508 e. The molecule has 0 aliphatic carbocycles. The third-order valence-electron chi connectivity index (χ3n) is 3.66. The number of aryl methyl sites for hydroxylation is 2. The molecule has 0 aliphatic heterocycles. The smallest absolute Gasteiger partial charge is 0.159 e. The molecule has 3 heteroatoms. The van der Waals surface area contributed by atoms with Crippen LogP contribution in [0.5, 0.6) is 5.75 Å². The number of rotatable bonds is 4. The first-order chi connectivity index (χ1) is 9.88. The molecule has 0 unspecified atom stereocenters. The van der Waals surface area contributed by atoms with E-state index in [1.807, 2.05) is 7.05 Å². The molecule has 21 heavy (non-hydrogen) atoms.